The van der Waals surface area contributed by atoms with Crippen molar-refractivity contribution in [2.45, 2.75) is 72.0 Å². The van der Waals surface area contributed by atoms with E-state index in [4.69, 9.17) is 9.47 Å². The molecule has 1 saturated heterocycles. The van der Waals surface area contributed by atoms with Crippen LogP contribution in [0.3, 0.4) is 0 Å². The molecule has 122 valence electrons. The molecule has 0 bridgehead atoms. The van der Waals surface area contributed by atoms with Gasteiger partial charge in [-0.3, -0.25) is 0 Å². The average molecular weight is 296 g/mol. The van der Waals surface area contributed by atoms with Gasteiger partial charge in [0.15, 0.2) is 5.79 Å². The van der Waals surface area contributed by atoms with E-state index >= 15 is 0 Å². The van der Waals surface area contributed by atoms with Crippen LogP contribution in [0.15, 0.2) is 0 Å². The molecule has 0 amide bonds. The molecule has 0 N–H and O–H groups in total. The zero-order valence-corrected chi connectivity index (χ0v) is 14.2. The summed E-state index contributed by atoms with van der Waals surface area (Å²) in [7, 11) is 0. The fraction of sp³-hybridized carbons (Fsp3) is 0.944. The lowest BCUT2D eigenvalue weighted by molar-refractivity contribution is -0.241. The summed E-state index contributed by atoms with van der Waals surface area (Å²) in [4.78, 5) is 10.8. The van der Waals surface area contributed by atoms with E-state index in [1.807, 2.05) is 13.8 Å². The molecule has 3 heteroatoms. The molecule has 3 fully saturated rings. The molecular weight excluding hydrogens is 264 g/mol. The molecule has 21 heavy (non-hydrogen) atoms. The lowest BCUT2D eigenvalue weighted by Gasteiger charge is -2.50. The Morgan fingerprint density at radius 3 is 2.48 bits per heavy atom. The van der Waals surface area contributed by atoms with Gasteiger partial charge in [0.05, 0.1) is 13.2 Å². The molecular formula is C18H32O3. The Morgan fingerprint density at radius 2 is 1.86 bits per heavy atom. The fourth-order valence-corrected chi connectivity index (χ4v) is 5.30. The highest BCUT2D eigenvalue weighted by Gasteiger charge is 2.60. The molecule has 0 aromatic carbocycles. The molecule has 1 heterocycles. The molecule has 0 aromatic heterocycles. The van der Waals surface area contributed by atoms with Crippen LogP contribution in [0.4, 0.5) is 0 Å². The predicted molar refractivity (Wildman–Crippen MR) is 84.0 cm³/mol. The van der Waals surface area contributed by atoms with Crippen LogP contribution in [0, 0.1) is 23.2 Å². The summed E-state index contributed by atoms with van der Waals surface area (Å²) in [6.45, 7) is 10.2. The fourth-order valence-electron chi connectivity index (χ4n) is 5.30. The number of ether oxygens (including phenoxy) is 2. The summed E-state index contributed by atoms with van der Waals surface area (Å²) in [5, 5.41) is 0. The highest BCUT2D eigenvalue weighted by Crippen LogP contribution is 2.62. The van der Waals surface area contributed by atoms with E-state index in [1.54, 1.807) is 0 Å². The Bertz CT molecular complexity index is 348. The third kappa shape index (κ3) is 2.79. The van der Waals surface area contributed by atoms with E-state index in [0.29, 0.717) is 29.6 Å². The van der Waals surface area contributed by atoms with Crippen molar-refractivity contribution in [3.05, 3.63) is 0 Å². The van der Waals surface area contributed by atoms with Gasteiger partial charge in [-0.2, -0.15) is 0 Å². The van der Waals surface area contributed by atoms with Crippen LogP contribution in [-0.4, -0.2) is 25.3 Å². The molecule has 2 aliphatic carbocycles. The van der Waals surface area contributed by atoms with Crippen molar-refractivity contribution in [1.29, 1.82) is 0 Å². The first-order chi connectivity index (χ1) is 10.1. The predicted octanol–water partition coefficient (Wildman–Crippen LogP) is 4.20. The van der Waals surface area contributed by atoms with Gasteiger partial charge >= 0.3 is 0 Å². The summed E-state index contributed by atoms with van der Waals surface area (Å²) in [6.07, 6.45) is 7.72. The van der Waals surface area contributed by atoms with Crippen LogP contribution in [-0.2, 0) is 14.3 Å². The van der Waals surface area contributed by atoms with Crippen LogP contribution in [0.5, 0.6) is 0 Å². The van der Waals surface area contributed by atoms with Crippen LogP contribution in [0.25, 0.3) is 0 Å². The van der Waals surface area contributed by atoms with Gasteiger partial charge < -0.3 is 14.3 Å². The maximum Gasteiger partial charge on any atom is 0.171 e. The third-order valence-corrected chi connectivity index (χ3v) is 6.11. The van der Waals surface area contributed by atoms with Gasteiger partial charge in [0.2, 0.25) is 0 Å². The number of carbonyl (C=O) groups is 1. The number of aldehydes is 1. The molecule has 3 nitrogen and oxygen atoms in total. The minimum Gasteiger partial charge on any atom is -0.347 e. The van der Waals surface area contributed by atoms with Gasteiger partial charge in [-0.15, -0.1) is 0 Å². The normalized spacial score (nSPS) is 38.5. The zero-order chi connectivity index (χ0) is 15.5. The standard InChI is InChI=1S/C16H26O3.C2H6/c1-12(6-9-17)13-4-5-14-15(13,2)7-3-8-16(14)18-10-11-19-16;1-2/h9,12-14H,3-8,10-11H2,1-2H3;1-2H3/t12-,13?,14?,15?;/m1./s1. The Hall–Kier alpha value is -0.410. The summed E-state index contributed by atoms with van der Waals surface area (Å²) >= 11 is 0. The minimum absolute atomic E-state index is 0.289. The topological polar surface area (TPSA) is 35.5 Å². The SMILES string of the molecule is CC.C[C@H](CC=O)C1CCC2C3(CCCC12C)OCCO3. The molecule has 0 aromatic rings. The molecule has 3 aliphatic rings. The van der Waals surface area contributed by atoms with Gasteiger partial charge in [-0.1, -0.05) is 27.7 Å². The average Bonchev–Trinajstić information content (AvgIpc) is 3.07. The Kier molecular flexibility index (Phi) is 5.48. The molecule has 3 rings (SSSR count). The first-order valence-electron chi connectivity index (χ1n) is 8.84. The number of hydrogen-bond acceptors (Lipinski definition) is 3. The summed E-state index contributed by atoms with van der Waals surface area (Å²) < 4.78 is 12.1. The summed E-state index contributed by atoms with van der Waals surface area (Å²) in [6, 6.07) is 0. The van der Waals surface area contributed by atoms with Gasteiger partial charge in [-0.05, 0) is 42.9 Å². The molecule has 2 saturated carbocycles. The van der Waals surface area contributed by atoms with Gasteiger partial charge in [0, 0.05) is 18.8 Å². The largest absolute Gasteiger partial charge is 0.347 e. The second kappa shape index (κ2) is 6.78. The Morgan fingerprint density at radius 1 is 1.19 bits per heavy atom. The zero-order valence-electron chi connectivity index (χ0n) is 14.2. The van der Waals surface area contributed by atoms with Crippen LogP contribution in [0.1, 0.15) is 66.2 Å². The monoisotopic (exact) mass is 296 g/mol. The maximum absolute atomic E-state index is 10.8. The number of hydrogen-bond donors (Lipinski definition) is 0. The van der Waals surface area contributed by atoms with Crippen molar-refractivity contribution < 1.29 is 14.3 Å². The van der Waals surface area contributed by atoms with Gasteiger partial charge in [0.25, 0.3) is 0 Å². The quantitative estimate of drug-likeness (QED) is 0.732. The number of fused-ring (bicyclic) bond motifs is 2. The highest BCUT2D eigenvalue weighted by molar-refractivity contribution is 5.49. The summed E-state index contributed by atoms with van der Waals surface area (Å²) in [5.41, 5.74) is 0.297. The van der Waals surface area contributed by atoms with E-state index in [-0.39, 0.29) is 5.79 Å². The van der Waals surface area contributed by atoms with Crippen LogP contribution < -0.4 is 0 Å². The lowest BCUT2D eigenvalue weighted by Crippen LogP contribution is -2.50. The van der Waals surface area contributed by atoms with E-state index in [0.717, 1.165) is 25.9 Å². The first-order valence-corrected chi connectivity index (χ1v) is 8.84. The molecule has 0 radical (unpaired) electrons. The van der Waals surface area contributed by atoms with Crippen molar-refractivity contribution in [3.8, 4) is 0 Å². The summed E-state index contributed by atoms with van der Waals surface area (Å²) in [5.74, 6) is 1.37. The van der Waals surface area contributed by atoms with E-state index in [2.05, 4.69) is 13.8 Å². The minimum atomic E-state index is -0.289. The molecule has 1 aliphatic heterocycles. The number of rotatable bonds is 3. The first kappa shape index (κ1) is 17.0. The lowest BCUT2D eigenvalue weighted by atomic mass is 9.60. The van der Waals surface area contributed by atoms with Gasteiger partial charge in [0.1, 0.15) is 6.29 Å². The highest BCUT2D eigenvalue weighted by atomic mass is 16.7. The smallest absolute Gasteiger partial charge is 0.171 e. The van der Waals surface area contributed by atoms with Gasteiger partial charge in [-0.25, -0.2) is 0 Å². The Labute approximate surface area is 129 Å². The molecule has 3 unspecified atom stereocenters. The van der Waals surface area contributed by atoms with Crippen molar-refractivity contribution in [2.75, 3.05) is 13.2 Å². The van der Waals surface area contributed by atoms with Crippen molar-refractivity contribution in [3.63, 3.8) is 0 Å². The van der Waals surface area contributed by atoms with E-state index < -0.39 is 0 Å². The van der Waals surface area contributed by atoms with E-state index in [9.17, 15) is 4.79 Å². The van der Waals surface area contributed by atoms with Crippen molar-refractivity contribution >= 4 is 6.29 Å². The molecule has 1 spiro atoms. The van der Waals surface area contributed by atoms with Crippen LogP contribution >= 0.6 is 0 Å². The second-order valence-electron chi connectivity index (χ2n) is 6.98. The Balaban J connectivity index is 0.000000774. The van der Waals surface area contributed by atoms with Crippen molar-refractivity contribution in [2.24, 2.45) is 23.2 Å². The number of carbonyl (C=O) groups excluding carboxylic acids is 1. The van der Waals surface area contributed by atoms with E-state index in [1.165, 1.54) is 25.7 Å². The van der Waals surface area contributed by atoms with Crippen molar-refractivity contribution in [1.82, 2.24) is 0 Å². The maximum atomic E-state index is 10.8. The second-order valence-corrected chi connectivity index (χ2v) is 6.98. The third-order valence-electron chi connectivity index (χ3n) is 6.11. The molecule has 4 atom stereocenters. The van der Waals surface area contributed by atoms with Crippen LogP contribution in [0.2, 0.25) is 0 Å².